The number of nitro groups is 1. The number of nitrogens with zero attached hydrogens (tertiary/aromatic N) is 4. The summed E-state index contributed by atoms with van der Waals surface area (Å²) in [5.74, 6) is 0. The van der Waals surface area contributed by atoms with E-state index in [0.717, 1.165) is 18.4 Å². The zero-order valence-corrected chi connectivity index (χ0v) is 12.9. The van der Waals surface area contributed by atoms with Crippen LogP contribution in [0.3, 0.4) is 0 Å². The molecule has 23 heavy (non-hydrogen) atoms. The van der Waals surface area contributed by atoms with E-state index in [9.17, 15) is 14.9 Å². The maximum Gasteiger partial charge on any atom is 0.329 e. The predicted octanol–water partition coefficient (Wildman–Crippen LogP) is 3.30. The highest BCUT2D eigenvalue weighted by Gasteiger charge is 2.24. The molecule has 1 aromatic carbocycles. The number of amides is 1. The summed E-state index contributed by atoms with van der Waals surface area (Å²) in [7, 11) is 1.82. The third kappa shape index (κ3) is 3.08. The number of hydrogen-bond acceptors (Lipinski definition) is 4. The molecule has 0 spiro atoms. The van der Waals surface area contributed by atoms with E-state index in [4.69, 9.17) is 0 Å². The van der Waals surface area contributed by atoms with Crippen LogP contribution in [0.5, 0.6) is 0 Å². The normalized spacial score (nSPS) is 14.8. The zero-order valence-electron chi connectivity index (χ0n) is 12.9. The monoisotopic (exact) mass is 314 g/mol. The highest BCUT2D eigenvalue weighted by Crippen LogP contribution is 2.24. The summed E-state index contributed by atoms with van der Waals surface area (Å²) in [4.78, 5) is 28.7. The molecule has 0 N–H and O–H groups in total. The van der Waals surface area contributed by atoms with Gasteiger partial charge in [-0.1, -0.05) is 12.8 Å². The molecule has 1 aliphatic rings. The van der Waals surface area contributed by atoms with Crippen LogP contribution in [0.25, 0.3) is 11.3 Å². The number of non-ortho nitro benzene ring substituents is 1. The van der Waals surface area contributed by atoms with Gasteiger partial charge in [0.25, 0.3) is 5.69 Å². The fraction of sp³-hybridized carbons (Fsp3) is 0.375. The van der Waals surface area contributed by atoms with Gasteiger partial charge in [-0.2, -0.15) is 0 Å². The lowest BCUT2D eigenvalue weighted by Gasteiger charge is -2.23. The molecule has 0 aliphatic heterocycles. The molecule has 0 radical (unpaired) electrons. The van der Waals surface area contributed by atoms with Gasteiger partial charge in [0.15, 0.2) is 0 Å². The van der Waals surface area contributed by atoms with Crippen molar-refractivity contribution in [2.24, 2.45) is 0 Å². The van der Waals surface area contributed by atoms with Gasteiger partial charge < -0.3 is 4.90 Å². The van der Waals surface area contributed by atoms with Crippen molar-refractivity contribution in [2.75, 3.05) is 7.05 Å². The van der Waals surface area contributed by atoms with E-state index >= 15 is 0 Å². The minimum Gasteiger partial charge on any atom is -0.324 e. The lowest BCUT2D eigenvalue weighted by atomic mass is 10.1. The van der Waals surface area contributed by atoms with Gasteiger partial charge in [-0.05, 0) is 25.0 Å². The van der Waals surface area contributed by atoms with E-state index in [2.05, 4.69) is 4.98 Å². The van der Waals surface area contributed by atoms with Crippen LogP contribution in [0.15, 0.2) is 36.8 Å². The quantitative estimate of drug-likeness (QED) is 0.643. The van der Waals surface area contributed by atoms with Crippen molar-refractivity contribution in [3.63, 3.8) is 0 Å². The minimum atomic E-state index is -0.442. The Morgan fingerprint density at radius 3 is 2.57 bits per heavy atom. The molecule has 0 atom stereocenters. The van der Waals surface area contributed by atoms with Gasteiger partial charge in [0, 0.05) is 37.0 Å². The fourth-order valence-corrected chi connectivity index (χ4v) is 2.96. The molecule has 7 nitrogen and oxygen atoms in total. The number of rotatable bonds is 3. The number of hydrogen-bond donors (Lipinski definition) is 0. The van der Waals surface area contributed by atoms with Crippen molar-refractivity contribution in [1.82, 2.24) is 14.5 Å². The van der Waals surface area contributed by atoms with Gasteiger partial charge in [0.2, 0.25) is 0 Å². The second-order valence-electron chi connectivity index (χ2n) is 5.80. The van der Waals surface area contributed by atoms with Crippen LogP contribution in [0.1, 0.15) is 25.7 Å². The Labute approximate surface area is 133 Å². The number of carbonyl (C=O) groups is 1. The molecule has 1 aliphatic carbocycles. The number of aromatic nitrogens is 2. The summed E-state index contributed by atoms with van der Waals surface area (Å²) in [5.41, 5.74) is 1.39. The van der Waals surface area contributed by atoms with Crippen molar-refractivity contribution in [3.8, 4) is 11.3 Å². The SMILES string of the molecule is CN(C(=O)n1cnc(-c2ccc([N+](=O)[O-])cc2)c1)C1CCCC1. The molecular formula is C16H18N4O3. The second-order valence-corrected chi connectivity index (χ2v) is 5.80. The average molecular weight is 314 g/mol. The Morgan fingerprint density at radius 2 is 1.96 bits per heavy atom. The molecule has 0 bridgehead atoms. The first-order valence-electron chi connectivity index (χ1n) is 7.62. The number of carbonyl (C=O) groups excluding carboxylic acids is 1. The predicted molar refractivity (Wildman–Crippen MR) is 85.1 cm³/mol. The molecule has 1 amide bonds. The first-order chi connectivity index (χ1) is 11.1. The van der Waals surface area contributed by atoms with Crippen LogP contribution < -0.4 is 0 Å². The highest BCUT2D eigenvalue weighted by atomic mass is 16.6. The van der Waals surface area contributed by atoms with Gasteiger partial charge in [0.1, 0.15) is 6.33 Å². The lowest BCUT2D eigenvalue weighted by Crippen LogP contribution is -2.37. The third-order valence-corrected chi connectivity index (χ3v) is 4.35. The summed E-state index contributed by atoms with van der Waals surface area (Å²) in [6.45, 7) is 0. The Balaban J connectivity index is 1.76. The van der Waals surface area contributed by atoms with Crippen molar-refractivity contribution in [2.45, 2.75) is 31.7 Å². The van der Waals surface area contributed by atoms with Gasteiger partial charge in [-0.15, -0.1) is 0 Å². The molecule has 0 unspecified atom stereocenters. The van der Waals surface area contributed by atoms with Crippen molar-refractivity contribution >= 4 is 11.7 Å². The number of nitro benzene ring substituents is 1. The molecule has 7 heteroatoms. The topological polar surface area (TPSA) is 81.3 Å². The van der Waals surface area contributed by atoms with E-state index < -0.39 is 4.92 Å². The number of imidazole rings is 1. The smallest absolute Gasteiger partial charge is 0.324 e. The molecular weight excluding hydrogens is 296 g/mol. The Hall–Kier alpha value is -2.70. The first-order valence-corrected chi connectivity index (χ1v) is 7.62. The molecule has 1 heterocycles. The van der Waals surface area contributed by atoms with Gasteiger partial charge in [0.05, 0.1) is 10.6 Å². The molecule has 2 aromatic rings. The highest BCUT2D eigenvalue weighted by molar-refractivity contribution is 5.78. The minimum absolute atomic E-state index is 0.0326. The van der Waals surface area contributed by atoms with Crippen LogP contribution in [0, 0.1) is 10.1 Å². The van der Waals surface area contributed by atoms with Gasteiger partial charge in [-0.3, -0.25) is 14.7 Å². The molecule has 1 fully saturated rings. The standard InChI is InChI=1S/C16H18N4O3/c1-18(13-4-2-3-5-13)16(21)19-10-15(17-11-19)12-6-8-14(9-7-12)20(22)23/h6-11,13H,2-5H2,1H3. The second kappa shape index (κ2) is 6.20. The fourth-order valence-electron chi connectivity index (χ4n) is 2.96. The summed E-state index contributed by atoms with van der Waals surface area (Å²) < 4.78 is 1.47. The van der Waals surface area contributed by atoms with Crippen LogP contribution in [0.2, 0.25) is 0 Å². The molecule has 120 valence electrons. The van der Waals surface area contributed by atoms with Crippen LogP contribution in [-0.4, -0.2) is 38.5 Å². The number of benzene rings is 1. The molecule has 0 saturated heterocycles. The van der Waals surface area contributed by atoms with Crippen LogP contribution >= 0.6 is 0 Å². The Morgan fingerprint density at radius 1 is 1.30 bits per heavy atom. The Bertz CT molecular complexity index is 717. The molecule has 1 aromatic heterocycles. The van der Waals surface area contributed by atoms with Gasteiger partial charge >= 0.3 is 6.03 Å². The van der Waals surface area contributed by atoms with Crippen molar-refractivity contribution < 1.29 is 9.72 Å². The maximum absolute atomic E-state index is 12.5. The van der Waals surface area contributed by atoms with E-state index in [0.29, 0.717) is 11.7 Å². The summed E-state index contributed by atoms with van der Waals surface area (Å²) in [6.07, 6.45) is 7.58. The summed E-state index contributed by atoms with van der Waals surface area (Å²) in [5, 5.41) is 10.7. The van der Waals surface area contributed by atoms with Crippen molar-refractivity contribution in [1.29, 1.82) is 0 Å². The maximum atomic E-state index is 12.5. The average Bonchev–Trinajstić information content (AvgIpc) is 3.25. The third-order valence-electron chi connectivity index (χ3n) is 4.35. The van der Waals surface area contributed by atoms with E-state index in [1.54, 1.807) is 23.2 Å². The van der Waals surface area contributed by atoms with Gasteiger partial charge in [-0.25, -0.2) is 9.78 Å². The van der Waals surface area contributed by atoms with E-state index in [1.807, 2.05) is 7.05 Å². The van der Waals surface area contributed by atoms with Crippen LogP contribution in [-0.2, 0) is 0 Å². The zero-order chi connectivity index (χ0) is 16.4. The van der Waals surface area contributed by atoms with Crippen molar-refractivity contribution in [3.05, 3.63) is 46.9 Å². The first kappa shape index (κ1) is 15.2. The summed E-state index contributed by atoms with van der Waals surface area (Å²) >= 11 is 0. The summed E-state index contributed by atoms with van der Waals surface area (Å²) in [6, 6.07) is 6.33. The largest absolute Gasteiger partial charge is 0.329 e. The molecule has 1 saturated carbocycles. The Kier molecular flexibility index (Phi) is 4.10. The van der Waals surface area contributed by atoms with E-state index in [1.165, 1.54) is 35.9 Å². The lowest BCUT2D eigenvalue weighted by molar-refractivity contribution is -0.384. The molecule has 3 rings (SSSR count). The van der Waals surface area contributed by atoms with E-state index in [-0.39, 0.29) is 11.7 Å². The van der Waals surface area contributed by atoms with Crippen LogP contribution in [0.4, 0.5) is 10.5 Å².